The summed E-state index contributed by atoms with van der Waals surface area (Å²) in [6.07, 6.45) is 6.72. The van der Waals surface area contributed by atoms with Crippen molar-refractivity contribution in [1.29, 1.82) is 0 Å². The van der Waals surface area contributed by atoms with Crippen molar-refractivity contribution in [3.63, 3.8) is 0 Å². The first kappa shape index (κ1) is 14.5. The van der Waals surface area contributed by atoms with Gasteiger partial charge < -0.3 is 10.2 Å². The molecule has 3 heteroatoms. The predicted octanol–water partition coefficient (Wildman–Crippen LogP) is 2.41. The molecule has 1 rings (SSSR count). The number of nitrogens with one attached hydrogen (secondary N) is 1. The van der Waals surface area contributed by atoms with E-state index in [0.29, 0.717) is 24.3 Å². The van der Waals surface area contributed by atoms with E-state index in [1.807, 2.05) is 11.9 Å². The highest BCUT2D eigenvalue weighted by atomic mass is 16.2. The molecule has 0 saturated carbocycles. The minimum absolute atomic E-state index is 0.300. The van der Waals surface area contributed by atoms with Crippen LogP contribution in [0.2, 0.25) is 0 Å². The summed E-state index contributed by atoms with van der Waals surface area (Å²) >= 11 is 0. The molecule has 1 unspecified atom stereocenters. The zero-order valence-electron chi connectivity index (χ0n) is 11.7. The molecule has 0 aromatic carbocycles. The summed E-state index contributed by atoms with van der Waals surface area (Å²) in [6.45, 7) is 6.38. The van der Waals surface area contributed by atoms with Crippen LogP contribution in [0.25, 0.3) is 0 Å². The van der Waals surface area contributed by atoms with Gasteiger partial charge in [-0.25, -0.2) is 0 Å². The first-order valence-corrected chi connectivity index (χ1v) is 7.07. The van der Waals surface area contributed by atoms with Gasteiger partial charge in [-0.1, -0.05) is 20.3 Å². The lowest BCUT2D eigenvalue weighted by atomic mass is 10.0. The van der Waals surface area contributed by atoms with Crippen LogP contribution in [0.4, 0.5) is 0 Å². The average molecular weight is 240 g/mol. The first-order chi connectivity index (χ1) is 8.09. The fourth-order valence-corrected chi connectivity index (χ4v) is 2.25. The summed E-state index contributed by atoms with van der Waals surface area (Å²) in [5.74, 6) is 0.918. The summed E-state index contributed by atoms with van der Waals surface area (Å²) in [4.78, 5) is 13.7. The molecule has 17 heavy (non-hydrogen) atoms. The molecular formula is C14H28N2O. The Hall–Kier alpha value is -0.570. The predicted molar refractivity (Wildman–Crippen MR) is 72.0 cm³/mol. The van der Waals surface area contributed by atoms with Gasteiger partial charge in [0, 0.05) is 26.1 Å². The van der Waals surface area contributed by atoms with Gasteiger partial charge >= 0.3 is 0 Å². The van der Waals surface area contributed by atoms with Gasteiger partial charge in [-0.2, -0.15) is 0 Å². The van der Waals surface area contributed by atoms with Crippen molar-refractivity contribution >= 4 is 5.91 Å². The van der Waals surface area contributed by atoms with Gasteiger partial charge in [0.05, 0.1) is 0 Å². The molecule has 0 bridgehead atoms. The van der Waals surface area contributed by atoms with Crippen LogP contribution in [0.3, 0.4) is 0 Å². The van der Waals surface area contributed by atoms with Crippen molar-refractivity contribution in [3.05, 3.63) is 0 Å². The maximum Gasteiger partial charge on any atom is 0.222 e. The van der Waals surface area contributed by atoms with Crippen molar-refractivity contribution in [2.75, 3.05) is 20.1 Å². The molecule has 0 radical (unpaired) electrons. The van der Waals surface area contributed by atoms with Crippen LogP contribution in [0.15, 0.2) is 0 Å². The second-order valence-electron chi connectivity index (χ2n) is 5.68. The van der Waals surface area contributed by atoms with Crippen molar-refractivity contribution < 1.29 is 4.79 Å². The van der Waals surface area contributed by atoms with Crippen molar-refractivity contribution in [2.45, 2.75) is 58.4 Å². The van der Waals surface area contributed by atoms with E-state index in [1.54, 1.807) is 0 Å². The summed E-state index contributed by atoms with van der Waals surface area (Å²) in [5, 5.41) is 3.53. The summed E-state index contributed by atoms with van der Waals surface area (Å²) in [6, 6.07) is 0.629. The fourth-order valence-electron chi connectivity index (χ4n) is 2.25. The molecule has 0 aliphatic carbocycles. The van der Waals surface area contributed by atoms with E-state index in [1.165, 1.54) is 19.3 Å². The highest BCUT2D eigenvalue weighted by Gasteiger charge is 2.15. The molecule has 1 heterocycles. The Bertz CT molecular complexity index is 222. The normalized spacial score (nSPS) is 20.6. The lowest BCUT2D eigenvalue weighted by molar-refractivity contribution is -0.130. The van der Waals surface area contributed by atoms with E-state index in [9.17, 15) is 4.79 Å². The fraction of sp³-hybridized carbons (Fsp3) is 0.929. The first-order valence-electron chi connectivity index (χ1n) is 7.07. The molecule has 0 aromatic rings. The second kappa shape index (κ2) is 7.70. The Kier molecular flexibility index (Phi) is 6.56. The Morgan fingerprint density at radius 3 is 2.76 bits per heavy atom. The summed E-state index contributed by atoms with van der Waals surface area (Å²) in [5.41, 5.74) is 0. The zero-order chi connectivity index (χ0) is 12.7. The lowest BCUT2D eigenvalue weighted by Gasteiger charge is -2.26. The van der Waals surface area contributed by atoms with E-state index in [2.05, 4.69) is 19.2 Å². The standard InChI is InChI=1S/C14H28N2O/c1-12(2)7-8-14(17)16(3)11-9-13-6-4-5-10-15-13/h12-13,15H,4-11H2,1-3H3. The molecule has 1 aliphatic heterocycles. The van der Waals surface area contributed by atoms with Crippen LogP contribution in [-0.2, 0) is 4.79 Å². The van der Waals surface area contributed by atoms with Crippen LogP contribution in [-0.4, -0.2) is 37.0 Å². The lowest BCUT2D eigenvalue weighted by Crippen LogP contribution is -2.38. The van der Waals surface area contributed by atoms with Crippen molar-refractivity contribution in [3.8, 4) is 0 Å². The van der Waals surface area contributed by atoms with Crippen LogP contribution in [0.1, 0.15) is 52.4 Å². The molecule has 1 N–H and O–H groups in total. The zero-order valence-corrected chi connectivity index (χ0v) is 11.7. The van der Waals surface area contributed by atoms with E-state index >= 15 is 0 Å². The summed E-state index contributed by atoms with van der Waals surface area (Å²) in [7, 11) is 1.94. The maximum atomic E-state index is 11.8. The molecule has 1 fully saturated rings. The SMILES string of the molecule is CC(C)CCC(=O)N(C)CCC1CCCCN1. The molecule has 1 amide bonds. The number of amides is 1. The minimum atomic E-state index is 0.300. The number of rotatable bonds is 6. The molecule has 3 nitrogen and oxygen atoms in total. The Morgan fingerprint density at radius 1 is 1.41 bits per heavy atom. The Morgan fingerprint density at radius 2 is 2.18 bits per heavy atom. The van der Waals surface area contributed by atoms with Gasteiger partial charge in [-0.05, 0) is 38.1 Å². The largest absolute Gasteiger partial charge is 0.346 e. The van der Waals surface area contributed by atoms with Gasteiger partial charge in [-0.3, -0.25) is 4.79 Å². The molecule has 1 saturated heterocycles. The van der Waals surface area contributed by atoms with Crippen LogP contribution in [0.5, 0.6) is 0 Å². The van der Waals surface area contributed by atoms with Gasteiger partial charge in [0.15, 0.2) is 0 Å². The number of carbonyl (C=O) groups excluding carboxylic acids is 1. The van der Waals surface area contributed by atoms with Crippen molar-refractivity contribution in [2.24, 2.45) is 5.92 Å². The highest BCUT2D eigenvalue weighted by molar-refractivity contribution is 5.75. The third kappa shape index (κ3) is 6.06. The maximum absolute atomic E-state index is 11.8. The van der Waals surface area contributed by atoms with Gasteiger partial charge in [-0.15, -0.1) is 0 Å². The van der Waals surface area contributed by atoms with Crippen LogP contribution >= 0.6 is 0 Å². The molecule has 1 atom stereocenters. The monoisotopic (exact) mass is 240 g/mol. The van der Waals surface area contributed by atoms with E-state index < -0.39 is 0 Å². The third-order valence-electron chi connectivity index (χ3n) is 3.59. The number of nitrogens with zero attached hydrogens (tertiary/aromatic N) is 1. The van der Waals surface area contributed by atoms with Gasteiger partial charge in [0.2, 0.25) is 5.91 Å². The van der Waals surface area contributed by atoms with Crippen LogP contribution < -0.4 is 5.32 Å². The molecule has 0 aromatic heterocycles. The van der Waals surface area contributed by atoms with Crippen molar-refractivity contribution in [1.82, 2.24) is 10.2 Å². The summed E-state index contributed by atoms with van der Waals surface area (Å²) < 4.78 is 0. The average Bonchev–Trinajstić information content (AvgIpc) is 2.34. The number of piperidine rings is 1. The van der Waals surface area contributed by atoms with E-state index in [4.69, 9.17) is 0 Å². The van der Waals surface area contributed by atoms with Crippen LogP contribution in [0, 0.1) is 5.92 Å². The Labute approximate surface area is 106 Å². The van der Waals surface area contributed by atoms with Gasteiger partial charge in [0.1, 0.15) is 0 Å². The number of hydrogen-bond donors (Lipinski definition) is 1. The topological polar surface area (TPSA) is 32.3 Å². The molecule has 0 spiro atoms. The molecule has 1 aliphatic rings. The highest BCUT2D eigenvalue weighted by Crippen LogP contribution is 2.11. The smallest absolute Gasteiger partial charge is 0.222 e. The number of hydrogen-bond acceptors (Lipinski definition) is 2. The molecular weight excluding hydrogens is 212 g/mol. The molecule has 100 valence electrons. The van der Waals surface area contributed by atoms with Gasteiger partial charge in [0.25, 0.3) is 0 Å². The quantitative estimate of drug-likeness (QED) is 0.773. The van der Waals surface area contributed by atoms with E-state index in [0.717, 1.165) is 25.9 Å². The third-order valence-corrected chi connectivity index (χ3v) is 3.59. The Balaban J connectivity index is 2.14. The minimum Gasteiger partial charge on any atom is -0.346 e. The second-order valence-corrected chi connectivity index (χ2v) is 5.68. The van der Waals surface area contributed by atoms with E-state index in [-0.39, 0.29) is 0 Å². The number of carbonyl (C=O) groups is 1.